The van der Waals surface area contributed by atoms with E-state index in [0.717, 1.165) is 55.7 Å². The molecule has 10 heteroatoms. The summed E-state index contributed by atoms with van der Waals surface area (Å²) >= 11 is 0. The SMILES string of the molecule is Cc1cc(OCC2(c3ccccc3)CC2)cn2nc(C(CN3CC4(CCNCC4)NC3=O)O[Si](C)(C)C(C)(C)C)nc12. The number of benzene rings is 1. The number of carbonyl (C=O) groups excluding carboxylic acids is 1. The Hall–Kier alpha value is -2.95. The smallest absolute Gasteiger partial charge is 0.318 e. The number of aromatic nitrogens is 3. The van der Waals surface area contributed by atoms with Crippen LogP contribution in [0.5, 0.6) is 5.75 Å². The number of aryl methyl sites for hydroxylation is 1. The zero-order chi connectivity index (χ0) is 29.8. The van der Waals surface area contributed by atoms with E-state index in [-0.39, 0.29) is 22.0 Å². The molecular weight excluding hydrogens is 544 g/mol. The highest BCUT2D eigenvalue weighted by molar-refractivity contribution is 6.74. The lowest BCUT2D eigenvalue weighted by molar-refractivity contribution is 0.127. The van der Waals surface area contributed by atoms with Crippen LogP contribution in [0.2, 0.25) is 18.1 Å². The summed E-state index contributed by atoms with van der Waals surface area (Å²) in [5.41, 5.74) is 3.05. The first kappa shape index (κ1) is 29.1. The molecule has 1 spiro atoms. The van der Waals surface area contributed by atoms with Crippen molar-refractivity contribution in [3.63, 3.8) is 0 Å². The quantitative estimate of drug-likeness (QED) is 0.326. The number of pyridine rings is 1. The van der Waals surface area contributed by atoms with Gasteiger partial charge < -0.3 is 24.7 Å². The van der Waals surface area contributed by atoms with Gasteiger partial charge in [0.1, 0.15) is 11.9 Å². The van der Waals surface area contributed by atoms with E-state index in [0.29, 0.717) is 25.5 Å². The van der Waals surface area contributed by atoms with Crippen molar-refractivity contribution in [3.8, 4) is 5.75 Å². The van der Waals surface area contributed by atoms with Gasteiger partial charge in [0.25, 0.3) is 0 Å². The standard InChI is InChI=1S/C32H46N6O3Si/c1-23-18-25(40-22-31(12-13-31)24-10-8-7-9-11-24)19-38-28(23)34-27(36-38)26(41-42(5,6)30(2,3)4)20-37-21-32(35-29(37)39)14-16-33-17-15-32/h7-11,18-19,26,33H,12-17,20-22H2,1-6H3,(H,35,39). The molecule has 1 unspecified atom stereocenters. The van der Waals surface area contributed by atoms with Gasteiger partial charge in [0.2, 0.25) is 0 Å². The summed E-state index contributed by atoms with van der Waals surface area (Å²) in [6, 6.07) is 12.7. The van der Waals surface area contributed by atoms with Crippen LogP contribution in [-0.4, -0.2) is 72.2 Å². The molecule has 4 heterocycles. The van der Waals surface area contributed by atoms with Crippen LogP contribution in [0.15, 0.2) is 42.6 Å². The summed E-state index contributed by atoms with van der Waals surface area (Å²) in [6.45, 7) is 16.8. The third-order valence-electron chi connectivity index (χ3n) is 9.99. The number of ether oxygens (including phenoxy) is 1. The van der Waals surface area contributed by atoms with Gasteiger partial charge in [-0.3, -0.25) is 0 Å². The van der Waals surface area contributed by atoms with Crippen molar-refractivity contribution in [2.75, 3.05) is 32.8 Å². The third kappa shape index (κ3) is 5.68. The van der Waals surface area contributed by atoms with Crippen LogP contribution >= 0.6 is 0 Å². The van der Waals surface area contributed by atoms with E-state index in [9.17, 15) is 4.79 Å². The van der Waals surface area contributed by atoms with Crippen molar-refractivity contribution >= 4 is 20.0 Å². The summed E-state index contributed by atoms with van der Waals surface area (Å²) in [4.78, 5) is 20.1. The van der Waals surface area contributed by atoms with Crippen molar-refractivity contribution < 1.29 is 14.0 Å². The maximum atomic E-state index is 13.2. The van der Waals surface area contributed by atoms with Crippen LogP contribution in [0.1, 0.15) is 69.5 Å². The number of urea groups is 1. The first-order valence-corrected chi connectivity index (χ1v) is 18.3. The molecule has 6 rings (SSSR count). The molecule has 1 aromatic carbocycles. The normalized spacial score (nSPS) is 20.6. The maximum absolute atomic E-state index is 13.2. The molecule has 226 valence electrons. The zero-order valence-electron chi connectivity index (χ0n) is 26.0. The highest BCUT2D eigenvalue weighted by Crippen LogP contribution is 2.48. The first-order chi connectivity index (χ1) is 19.9. The first-order valence-electron chi connectivity index (χ1n) is 15.4. The predicted molar refractivity (Wildman–Crippen MR) is 167 cm³/mol. The van der Waals surface area contributed by atoms with E-state index >= 15 is 0 Å². The van der Waals surface area contributed by atoms with Crippen LogP contribution in [-0.2, 0) is 9.84 Å². The third-order valence-corrected chi connectivity index (χ3v) is 14.5. The number of carbonyl (C=O) groups is 1. The van der Waals surface area contributed by atoms with E-state index in [2.05, 4.69) is 74.8 Å². The van der Waals surface area contributed by atoms with Gasteiger partial charge in [-0.05, 0) is 81.0 Å². The molecule has 1 atom stereocenters. The topological polar surface area (TPSA) is 93.0 Å². The van der Waals surface area contributed by atoms with Crippen LogP contribution in [0.25, 0.3) is 5.65 Å². The minimum absolute atomic E-state index is 0.00237. The number of hydrogen-bond donors (Lipinski definition) is 2. The molecule has 0 radical (unpaired) electrons. The van der Waals surface area contributed by atoms with Gasteiger partial charge in [-0.2, -0.15) is 0 Å². The predicted octanol–water partition coefficient (Wildman–Crippen LogP) is 5.36. The Balaban J connectivity index is 1.25. The molecule has 1 aliphatic carbocycles. The molecule has 2 aliphatic heterocycles. The number of rotatable bonds is 9. The van der Waals surface area contributed by atoms with E-state index in [4.69, 9.17) is 19.2 Å². The average Bonchev–Trinajstić information content (AvgIpc) is 3.52. The molecular formula is C32H46N6O3Si. The van der Waals surface area contributed by atoms with Gasteiger partial charge in [-0.15, -0.1) is 5.10 Å². The second-order valence-corrected chi connectivity index (χ2v) is 19.0. The lowest BCUT2D eigenvalue weighted by atomic mass is 9.89. The number of amides is 2. The molecule has 3 fully saturated rings. The van der Waals surface area contributed by atoms with Crippen molar-refractivity contribution in [1.29, 1.82) is 0 Å². The molecule has 2 saturated heterocycles. The number of nitrogens with one attached hydrogen (secondary N) is 2. The van der Waals surface area contributed by atoms with E-state index in [1.807, 2.05) is 28.6 Å². The molecule has 1 saturated carbocycles. The Labute approximate surface area is 250 Å². The summed E-state index contributed by atoms with van der Waals surface area (Å²) in [6.07, 6.45) is 5.65. The van der Waals surface area contributed by atoms with E-state index in [1.165, 1.54) is 5.56 Å². The second kappa shape index (κ2) is 10.6. The zero-order valence-corrected chi connectivity index (χ0v) is 27.0. The van der Waals surface area contributed by atoms with Gasteiger partial charge in [0, 0.05) is 12.0 Å². The average molecular weight is 591 g/mol. The Morgan fingerprint density at radius 1 is 1.10 bits per heavy atom. The van der Waals surface area contributed by atoms with Gasteiger partial charge >= 0.3 is 6.03 Å². The van der Waals surface area contributed by atoms with Crippen LogP contribution < -0.4 is 15.4 Å². The van der Waals surface area contributed by atoms with Crippen molar-refractivity contribution in [2.24, 2.45) is 0 Å². The van der Waals surface area contributed by atoms with Crippen LogP contribution in [0.3, 0.4) is 0 Å². The number of nitrogens with zero attached hydrogens (tertiary/aromatic N) is 4. The molecule has 3 aromatic rings. The Morgan fingerprint density at radius 2 is 1.81 bits per heavy atom. The fourth-order valence-electron chi connectivity index (χ4n) is 6.05. The molecule has 2 amide bonds. The molecule has 42 heavy (non-hydrogen) atoms. The van der Waals surface area contributed by atoms with Crippen molar-refractivity contribution in [3.05, 3.63) is 59.5 Å². The fourth-order valence-corrected chi connectivity index (χ4v) is 7.30. The second-order valence-electron chi connectivity index (χ2n) is 14.2. The van der Waals surface area contributed by atoms with Gasteiger partial charge in [0.15, 0.2) is 19.8 Å². The van der Waals surface area contributed by atoms with Gasteiger partial charge in [-0.25, -0.2) is 14.3 Å². The van der Waals surface area contributed by atoms with Gasteiger partial charge in [0.05, 0.1) is 24.9 Å². The fraction of sp³-hybridized carbons (Fsp3) is 0.594. The Morgan fingerprint density at radius 3 is 2.48 bits per heavy atom. The Bertz CT molecular complexity index is 1440. The van der Waals surface area contributed by atoms with Crippen LogP contribution in [0.4, 0.5) is 4.79 Å². The van der Waals surface area contributed by atoms with E-state index in [1.54, 1.807) is 0 Å². The Kier molecular flexibility index (Phi) is 7.38. The summed E-state index contributed by atoms with van der Waals surface area (Å²) in [7, 11) is -2.21. The maximum Gasteiger partial charge on any atom is 0.318 e. The molecule has 2 N–H and O–H groups in total. The summed E-state index contributed by atoms with van der Waals surface area (Å²) in [5, 5.41) is 11.7. The highest BCUT2D eigenvalue weighted by Gasteiger charge is 2.47. The molecule has 2 aromatic heterocycles. The number of hydrogen-bond acceptors (Lipinski definition) is 6. The monoisotopic (exact) mass is 590 g/mol. The lowest BCUT2D eigenvalue weighted by Gasteiger charge is -2.39. The number of fused-ring (bicyclic) bond motifs is 1. The highest BCUT2D eigenvalue weighted by atomic mass is 28.4. The largest absolute Gasteiger partial charge is 0.491 e. The minimum Gasteiger partial charge on any atom is -0.491 e. The lowest BCUT2D eigenvalue weighted by Crippen LogP contribution is -2.51. The summed E-state index contributed by atoms with van der Waals surface area (Å²) in [5.74, 6) is 1.40. The van der Waals surface area contributed by atoms with Gasteiger partial charge in [-0.1, -0.05) is 51.1 Å². The van der Waals surface area contributed by atoms with Crippen LogP contribution in [0, 0.1) is 6.92 Å². The summed E-state index contributed by atoms with van der Waals surface area (Å²) < 4.78 is 15.2. The molecule has 0 bridgehead atoms. The van der Waals surface area contributed by atoms with E-state index < -0.39 is 14.4 Å². The number of piperidine rings is 1. The molecule has 3 aliphatic rings. The molecule has 9 nitrogen and oxygen atoms in total. The minimum atomic E-state index is -2.21. The van der Waals surface area contributed by atoms with Crippen molar-refractivity contribution in [2.45, 2.75) is 88.6 Å². The van der Waals surface area contributed by atoms with Crippen molar-refractivity contribution in [1.82, 2.24) is 30.1 Å².